The summed E-state index contributed by atoms with van der Waals surface area (Å²) in [4.78, 5) is 57.0. The maximum atomic E-state index is 14.2. The van der Waals surface area contributed by atoms with Gasteiger partial charge >= 0.3 is 5.97 Å². The molecule has 1 N–H and O–H groups in total. The van der Waals surface area contributed by atoms with Crippen molar-refractivity contribution in [3.8, 4) is 0 Å². The molecule has 0 spiro atoms. The van der Waals surface area contributed by atoms with Crippen LogP contribution >= 0.6 is 0 Å². The smallest absolute Gasteiger partial charge is 0.333 e. The number of amides is 2. The normalized spacial score (nSPS) is 17.2. The van der Waals surface area contributed by atoms with Crippen molar-refractivity contribution in [1.29, 1.82) is 0 Å². The van der Waals surface area contributed by atoms with Crippen molar-refractivity contribution < 1.29 is 23.9 Å². The minimum atomic E-state index is -0.836. The average Bonchev–Trinajstić information content (AvgIpc) is 3.02. The van der Waals surface area contributed by atoms with Crippen LogP contribution in [0.25, 0.3) is 0 Å². The summed E-state index contributed by atoms with van der Waals surface area (Å²) in [5.74, 6) is -0.892. The second kappa shape index (κ2) is 16.3. The SMILES string of the molecule is CCOC(=O)C(C)=C[C@H](C(C)C)N(C)C(=O)[C@H](Cc1ccc(C(=O)c2ccccc2)cc1)NC(=O)C1CCCCN1C(C)C. The van der Waals surface area contributed by atoms with Crippen LogP contribution < -0.4 is 5.32 Å². The van der Waals surface area contributed by atoms with Crippen LogP contribution in [0.4, 0.5) is 0 Å². The van der Waals surface area contributed by atoms with E-state index in [-0.39, 0.29) is 54.7 Å². The van der Waals surface area contributed by atoms with Gasteiger partial charge < -0.3 is 15.0 Å². The van der Waals surface area contributed by atoms with Crippen molar-refractivity contribution in [2.24, 2.45) is 5.92 Å². The lowest BCUT2D eigenvalue weighted by atomic mass is 9.96. The molecule has 238 valence electrons. The summed E-state index contributed by atoms with van der Waals surface area (Å²) in [5.41, 5.74) is 2.41. The maximum absolute atomic E-state index is 14.2. The molecular weight excluding hydrogens is 554 g/mol. The molecule has 1 aliphatic rings. The molecule has 8 heteroatoms. The number of rotatable bonds is 13. The van der Waals surface area contributed by atoms with Crippen molar-refractivity contribution in [3.05, 3.63) is 82.9 Å². The number of nitrogens with one attached hydrogen (secondary N) is 1. The molecule has 1 aliphatic heterocycles. The van der Waals surface area contributed by atoms with Gasteiger partial charge in [0.1, 0.15) is 6.04 Å². The Kier molecular flexibility index (Phi) is 12.9. The molecule has 0 aromatic heterocycles. The number of likely N-dealkylation sites (N-methyl/N-ethyl adjacent to an activating group) is 1. The number of carbonyl (C=O) groups excluding carboxylic acids is 4. The highest BCUT2D eigenvalue weighted by atomic mass is 16.5. The molecule has 0 bridgehead atoms. The molecule has 8 nitrogen and oxygen atoms in total. The maximum Gasteiger partial charge on any atom is 0.333 e. The van der Waals surface area contributed by atoms with E-state index in [1.54, 1.807) is 56.1 Å². The lowest BCUT2D eigenvalue weighted by Gasteiger charge is -2.39. The lowest BCUT2D eigenvalue weighted by molar-refractivity contribution is -0.139. The molecule has 1 saturated heterocycles. The van der Waals surface area contributed by atoms with E-state index >= 15 is 0 Å². The Morgan fingerprint density at radius 3 is 2.20 bits per heavy atom. The average molecular weight is 604 g/mol. The topological polar surface area (TPSA) is 96.0 Å². The summed E-state index contributed by atoms with van der Waals surface area (Å²) < 4.78 is 5.16. The summed E-state index contributed by atoms with van der Waals surface area (Å²) in [6, 6.07) is 15.0. The second-order valence-electron chi connectivity index (χ2n) is 12.3. The highest BCUT2D eigenvalue weighted by Gasteiger charge is 2.35. The summed E-state index contributed by atoms with van der Waals surface area (Å²) in [6.45, 7) is 12.7. The number of ether oxygens (including phenoxy) is 1. The first-order valence-electron chi connectivity index (χ1n) is 15.8. The van der Waals surface area contributed by atoms with Crippen molar-refractivity contribution in [1.82, 2.24) is 15.1 Å². The first kappa shape index (κ1) is 34.7. The Hall–Kier alpha value is -3.78. The standard InChI is InChI=1S/C36H49N3O5/c1-8-44-36(43)26(6)22-32(24(2)3)38(7)35(42)30(37-34(41)31-16-12-13-21-39(31)25(4)5)23-27-17-19-29(20-18-27)33(40)28-14-10-9-11-15-28/h9-11,14-15,17-20,22,24-25,30-32H,8,12-13,16,21,23H2,1-7H3,(H,37,41)/t30-,31?,32+/m0/s1. The number of benzene rings is 2. The van der Waals surface area contributed by atoms with Crippen LogP contribution in [0.2, 0.25) is 0 Å². The van der Waals surface area contributed by atoms with E-state index in [1.807, 2.05) is 44.2 Å². The fourth-order valence-corrected chi connectivity index (χ4v) is 5.82. The zero-order valence-corrected chi connectivity index (χ0v) is 27.3. The molecule has 3 rings (SSSR count). The molecule has 1 unspecified atom stereocenters. The highest BCUT2D eigenvalue weighted by Crippen LogP contribution is 2.22. The number of hydrogen-bond donors (Lipinski definition) is 1. The van der Waals surface area contributed by atoms with Gasteiger partial charge in [0.2, 0.25) is 11.8 Å². The predicted molar refractivity (Wildman–Crippen MR) is 173 cm³/mol. The zero-order chi connectivity index (χ0) is 32.4. The van der Waals surface area contributed by atoms with Crippen LogP contribution in [0.15, 0.2) is 66.2 Å². The molecule has 0 radical (unpaired) electrons. The Morgan fingerprint density at radius 1 is 0.977 bits per heavy atom. The summed E-state index contributed by atoms with van der Waals surface area (Å²) in [5, 5.41) is 3.10. The number of likely N-dealkylation sites (tertiary alicyclic amines) is 1. The quantitative estimate of drug-likeness (QED) is 0.192. The van der Waals surface area contributed by atoms with Crippen molar-refractivity contribution >= 4 is 23.6 Å². The molecule has 0 saturated carbocycles. The van der Waals surface area contributed by atoms with Crippen LogP contribution in [0.5, 0.6) is 0 Å². The van der Waals surface area contributed by atoms with E-state index in [2.05, 4.69) is 24.1 Å². The van der Waals surface area contributed by atoms with E-state index in [0.29, 0.717) is 16.7 Å². The Labute approximate surface area is 262 Å². The molecular formula is C36H49N3O5. The van der Waals surface area contributed by atoms with Gasteiger partial charge in [-0.1, -0.05) is 80.9 Å². The third-order valence-corrected chi connectivity index (χ3v) is 8.31. The van der Waals surface area contributed by atoms with Gasteiger partial charge in [-0.3, -0.25) is 19.3 Å². The van der Waals surface area contributed by atoms with Crippen molar-refractivity contribution in [2.45, 2.75) is 91.4 Å². The van der Waals surface area contributed by atoms with Crippen LogP contribution in [-0.4, -0.2) is 77.7 Å². The third-order valence-electron chi connectivity index (χ3n) is 8.31. The van der Waals surface area contributed by atoms with Gasteiger partial charge in [-0.25, -0.2) is 4.79 Å². The largest absolute Gasteiger partial charge is 0.463 e. The predicted octanol–water partition coefficient (Wildman–Crippen LogP) is 5.20. The number of ketones is 1. The fourth-order valence-electron chi connectivity index (χ4n) is 5.82. The monoisotopic (exact) mass is 603 g/mol. The Morgan fingerprint density at radius 2 is 1.61 bits per heavy atom. The van der Waals surface area contributed by atoms with Gasteiger partial charge in [-0.05, 0) is 58.6 Å². The molecule has 2 aromatic rings. The highest BCUT2D eigenvalue weighted by molar-refractivity contribution is 6.09. The Balaban J connectivity index is 1.89. The summed E-state index contributed by atoms with van der Waals surface area (Å²) >= 11 is 0. The van der Waals surface area contributed by atoms with Crippen LogP contribution in [0.3, 0.4) is 0 Å². The Bertz CT molecular complexity index is 1300. The van der Waals surface area contributed by atoms with Gasteiger partial charge in [0.05, 0.1) is 18.7 Å². The van der Waals surface area contributed by atoms with E-state index in [4.69, 9.17) is 4.74 Å². The number of hydrogen-bond acceptors (Lipinski definition) is 6. The first-order chi connectivity index (χ1) is 20.9. The van der Waals surface area contributed by atoms with Crippen molar-refractivity contribution in [2.75, 3.05) is 20.2 Å². The molecule has 2 amide bonds. The molecule has 0 aliphatic carbocycles. The van der Waals surface area contributed by atoms with Gasteiger partial charge in [-0.2, -0.15) is 0 Å². The summed E-state index contributed by atoms with van der Waals surface area (Å²) in [7, 11) is 1.71. The lowest BCUT2D eigenvalue weighted by Crippen LogP contribution is -2.58. The van der Waals surface area contributed by atoms with Crippen LogP contribution in [0, 0.1) is 5.92 Å². The van der Waals surface area contributed by atoms with Gasteiger partial charge in [-0.15, -0.1) is 0 Å². The minimum absolute atomic E-state index is 0.00253. The van der Waals surface area contributed by atoms with E-state index in [1.165, 1.54) is 0 Å². The zero-order valence-electron chi connectivity index (χ0n) is 27.3. The third kappa shape index (κ3) is 9.11. The van der Waals surface area contributed by atoms with Gasteiger partial charge in [0.15, 0.2) is 5.78 Å². The van der Waals surface area contributed by atoms with Crippen LogP contribution in [0.1, 0.15) is 82.3 Å². The number of carbonyl (C=O) groups is 4. The number of esters is 1. The summed E-state index contributed by atoms with van der Waals surface area (Å²) in [6.07, 6.45) is 4.78. The second-order valence-corrected chi connectivity index (χ2v) is 12.3. The molecule has 1 fully saturated rings. The molecule has 3 atom stereocenters. The molecule has 1 heterocycles. The van der Waals surface area contributed by atoms with Crippen LogP contribution in [-0.2, 0) is 25.5 Å². The van der Waals surface area contributed by atoms with Gasteiger partial charge in [0.25, 0.3) is 0 Å². The van der Waals surface area contributed by atoms with E-state index < -0.39 is 12.0 Å². The number of piperidine rings is 1. The molecule has 2 aromatic carbocycles. The minimum Gasteiger partial charge on any atom is -0.463 e. The first-order valence-corrected chi connectivity index (χ1v) is 15.8. The van der Waals surface area contributed by atoms with E-state index in [9.17, 15) is 19.2 Å². The van der Waals surface area contributed by atoms with Crippen molar-refractivity contribution in [3.63, 3.8) is 0 Å². The van der Waals surface area contributed by atoms with E-state index in [0.717, 1.165) is 31.4 Å². The fraction of sp³-hybridized carbons (Fsp3) is 0.500. The van der Waals surface area contributed by atoms with Gasteiger partial charge in [0, 0.05) is 36.2 Å². The number of nitrogens with zero attached hydrogens (tertiary/aromatic N) is 2. The molecule has 44 heavy (non-hydrogen) atoms.